The minimum Gasteiger partial charge on any atom is -0.329 e. The Kier molecular flexibility index (Phi) is 5.94. The third-order valence-corrected chi connectivity index (χ3v) is 4.51. The minimum absolute atomic E-state index is 0.184. The van der Waals surface area contributed by atoms with Gasteiger partial charge in [-0.2, -0.15) is 0 Å². The first-order valence-corrected chi connectivity index (χ1v) is 7.42. The zero-order chi connectivity index (χ0) is 12.9. The molecule has 0 spiro atoms. The maximum absolute atomic E-state index is 6.06. The van der Waals surface area contributed by atoms with Gasteiger partial charge in [-0.05, 0) is 39.2 Å². The molecule has 0 aromatic carbocycles. The number of nitrogens with two attached hydrogens (primary N) is 1. The highest BCUT2D eigenvalue weighted by atomic mass is 15.2. The van der Waals surface area contributed by atoms with Crippen LogP contribution in [0.3, 0.4) is 0 Å². The zero-order valence-electron chi connectivity index (χ0n) is 12.3. The van der Waals surface area contributed by atoms with Crippen molar-refractivity contribution in [2.75, 3.05) is 13.6 Å². The molecule has 1 unspecified atom stereocenters. The van der Waals surface area contributed by atoms with Crippen LogP contribution in [0.2, 0.25) is 0 Å². The highest BCUT2D eigenvalue weighted by molar-refractivity contribution is 4.90. The first kappa shape index (κ1) is 15.0. The fourth-order valence-corrected chi connectivity index (χ4v) is 3.34. The van der Waals surface area contributed by atoms with Crippen molar-refractivity contribution in [3.05, 3.63) is 0 Å². The molecule has 1 saturated carbocycles. The van der Waals surface area contributed by atoms with Gasteiger partial charge in [-0.25, -0.2) is 0 Å². The molecule has 0 bridgehead atoms. The number of nitrogens with zero attached hydrogens (tertiary/aromatic N) is 1. The molecule has 1 rings (SSSR count). The van der Waals surface area contributed by atoms with E-state index in [1.807, 2.05) is 0 Å². The normalized spacial score (nSPS) is 22.8. The van der Waals surface area contributed by atoms with Gasteiger partial charge in [-0.1, -0.05) is 39.5 Å². The second kappa shape index (κ2) is 6.75. The molecule has 1 aliphatic rings. The third-order valence-electron chi connectivity index (χ3n) is 4.51. The van der Waals surface area contributed by atoms with Gasteiger partial charge in [0.25, 0.3) is 0 Å². The van der Waals surface area contributed by atoms with E-state index in [0.29, 0.717) is 0 Å². The van der Waals surface area contributed by atoms with Crippen LogP contribution in [-0.2, 0) is 0 Å². The molecule has 0 amide bonds. The summed E-state index contributed by atoms with van der Waals surface area (Å²) in [5.74, 6) is 0.719. The van der Waals surface area contributed by atoms with Gasteiger partial charge in [-0.3, -0.25) is 4.90 Å². The Morgan fingerprint density at radius 1 is 1.18 bits per heavy atom. The Morgan fingerprint density at radius 3 is 2.12 bits per heavy atom. The first-order valence-electron chi connectivity index (χ1n) is 7.42. The summed E-state index contributed by atoms with van der Waals surface area (Å²) in [5, 5.41) is 0. The van der Waals surface area contributed by atoms with E-state index in [-0.39, 0.29) is 5.54 Å². The standard InChI is InChI=1S/C15H32N2/c1-13(2)11-15(3,12-16)17(4)14-9-7-5-6-8-10-14/h13-14H,5-12,16H2,1-4H3. The van der Waals surface area contributed by atoms with Gasteiger partial charge >= 0.3 is 0 Å². The van der Waals surface area contributed by atoms with Crippen LogP contribution >= 0.6 is 0 Å². The van der Waals surface area contributed by atoms with Crippen molar-refractivity contribution in [1.29, 1.82) is 0 Å². The summed E-state index contributed by atoms with van der Waals surface area (Å²) >= 11 is 0. The summed E-state index contributed by atoms with van der Waals surface area (Å²) < 4.78 is 0. The molecule has 0 radical (unpaired) electrons. The highest BCUT2D eigenvalue weighted by Crippen LogP contribution is 2.29. The van der Waals surface area contributed by atoms with E-state index in [4.69, 9.17) is 5.73 Å². The lowest BCUT2D eigenvalue weighted by Gasteiger charge is -2.44. The number of hydrogen-bond donors (Lipinski definition) is 1. The van der Waals surface area contributed by atoms with Crippen LogP contribution < -0.4 is 5.73 Å². The summed E-state index contributed by atoms with van der Waals surface area (Å²) in [7, 11) is 2.30. The molecular formula is C15H32N2. The first-order chi connectivity index (χ1) is 7.99. The van der Waals surface area contributed by atoms with Gasteiger partial charge in [-0.15, -0.1) is 0 Å². The van der Waals surface area contributed by atoms with Crippen LogP contribution in [0.25, 0.3) is 0 Å². The second-order valence-corrected chi connectivity index (χ2v) is 6.56. The Morgan fingerprint density at radius 2 is 1.71 bits per heavy atom. The van der Waals surface area contributed by atoms with Crippen molar-refractivity contribution < 1.29 is 0 Å². The number of hydrogen-bond acceptors (Lipinski definition) is 2. The molecule has 17 heavy (non-hydrogen) atoms. The fourth-order valence-electron chi connectivity index (χ4n) is 3.34. The van der Waals surface area contributed by atoms with Crippen molar-refractivity contribution >= 4 is 0 Å². The van der Waals surface area contributed by atoms with Crippen molar-refractivity contribution in [3.63, 3.8) is 0 Å². The highest BCUT2D eigenvalue weighted by Gasteiger charge is 2.33. The van der Waals surface area contributed by atoms with Crippen LogP contribution in [0.4, 0.5) is 0 Å². The lowest BCUT2D eigenvalue weighted by Crippen LogP contribution is -2.54. The zero-order valence-corrected chi connectivity index (χ0v) is 12.3. The van der Waals surface area contributed by atoms with Crippen molar-refractivity contribution in [2.45, 2.75) is 77.3 Å². The van der Waals surface area contributed by atoms with Gasteiger partial charge in [0, 0.05) is 18.1 Å². The molecule has 0 aromatic rings. The molecule has 1 atom stereocenters. The van der Waals surface area contributed by atoms with Gasteiger partial charge in [0.05, 0.1) is 0 Å². The molecule has 0 aliphatic heterocycles. The Hall–Kier alpha value is -0.0800. The van der Waals surface area contributed by atoms with E-state index < -0.39 is 0 Å². The van der Waals surface area contributed by atoms with Crippen LogP contribution in [0.1, 0.15) is 65.7 Å². The van der Waals surface area contributed by atoms with Gasteiger partial charge in [0.2, 0.25) is 0 Å². The van der Waals surface area contributed by atoms with Crippen molar-refractivity contribution in [2.24, 2.45) is 11.7 Å². The topological polar surface area (TPSA) is 29.3 Å². The van der Waals surface area contributed by atoms with E-state index in [1.165, 1.54) is 44.9 Å². The van der Waals surface area contributed by atoms with E-state index in [2.05, 4.69) is 32.7 Å². The van der Waals surface area contributed by atoms with Crippen LogP contribution in [0.5, 0.6) is 0 Å². The van der Waals surface area contributed by atoms with Crippen LogP contribution in [-0.4, -0.2) is 30.1 Å². The maximum atomic E-state index is 6.06. The number of likely N-dealkylation sites (N-methyl/N-ethyl adjacent to an activating group) is 1. The Bertz CT molecular complexity index is 207. The van der Waals surface area contributed by atoms with Gasteiger partial charge < -0.3 is 5.73 Å². The van der Waals surface area contributed by atoms with Crippen LogP contribution in [0, 0.1) is 5.92 Å². The van der Waals surface area contributed by atoms with Crippen LogP contribution in [0.15, 0.2) is 0 Å². The molecule has 2 heteroatoms. The molecule has 2 nitrogen and oxygen atoms in total. The Balaban J connectivity index is 2.65. The predicted molar refractivity (Wildman–Crippen MR) is 76.2 cm³/mol. The lowest BCUT2D eigenvalue weighted by atomic mass is 9.87. The Labute approximate surface area is 108 Å². The molecule has 1 aliphatic carbocycles. The molecule has 0 saturated heterocycles. The summed E-state index contributed by atoms with van der Waals surface area (Å²) in [6.07, 6.45) is 9.58. The SMILES string of the molecule is CC(C)CC(C)(CN)N(C)C1CCCCCC1. The summed E-state index contributed by atoms with van der Waals surface area (Å²) in [5.41, 5.74) is 6.24. The monoisotopic (exact) mass is 240 g/mol. The van der Waals surface area contributed by atoms with Gasteiger partial charge in [0.15, 0.2) is 0 Å². The van der Waals surface area contributed by atoms with E-state index in [1.54, 1.807) is 0 Å². The van der Waals surface area contributed by atoms with E-state index >= 15 is 0 Å². The average Bonchev–Trinajstić information content (AvgIpc) is 2.55. The summed E-state index contributed by atoms with van der Waals surface area (Å²) in [6.45, 7) is 7.72. The third kappa shape index (κ3) is 4.26. The minimum atomic E-state index is 0.184. The largest absolute Gasteiger partial charge is 0.329 e. The maximum Gasteiger partial charge on any atom is 0.0305 e. The fraction of sp³-hybridized carbons (Fsp3) is 1.00. The second-order valence-electron chi connectivity index (χ2n) is 6.56. The molecule has 0 aromatic heterocycles. The van der Waals surface area contributed by atoms with E-state index in [0.717, 1.165) is 18.5 Å². The van der Waals surface area contributed by atoms with Crippen molar-refractivity contribution in [3.8, 4) is 0 Å². The smallest absolute Gasteiger partial charge is 0.0305 e. The molecule has 1 fully saturated rings. The molecule has 102 valence electrons. The average molecular weight is 240 g/mol. The summed E-state index contributed by atoms with van der Waals surface area (Å²) in [4.78, 5) is 2.60. The molecule has 0 heterocycles. The quantitative estimate of drug-likeness (QED) is 0.746. The van der Waals surface area contributed by atoms with Gasteiger partial charge in [0.1, 0.15) is 0 Å². The van der Waals surface area contributed by atoms with Crippen molar-refractivity contribution in [1.82, 2.24) is 4.90 Å². The predicted octanol–water partition coefficient (Wildman–Crippen LogP) is 3.40. The molecule has 2 N–H and O–H groups in total. The molecular weight excluding hydrogens is 208 g/mol. The lowest BCUT2D eigenvalue weighted by molar-refractivity contribution is 0.0652. The summed E-state index contributed by atoms with van der Waals surface area (Å²) in [6, 6.07) is 0.754. The van der Waals surface area contributed by atoms with E-state index in [9.17, 15) is 0 Å². The number of rotatable bonds is 5.